The maximum atomic E-state index is 6.50. The zero-order valence-electron chi connectivity index (χ0n) is 23.9. The smallest absolute Gasteiger partial charge is 0.105 e. The van der Waals surface area contributed by atoms with E-state index in [-0.39, 0.29) is 41.2 Å². The first kappa shape index (κ1) is 32.8. The fraction of sp³-hybridized carbons (Fsp3) is 1.00. The molecule has 0 aliphatic rings. The molecule has 6 heteroatoms. The summed E-state index contributed by atoms with van der Waals surface area (Å²) in [6, 6.07) is 0. The molecule has 0 atom stereocenters. The van der Waals surface area contributed by atoms with E-state index in [1.807, 2.05) is 27.7 Å². The average molecular weight is 477 g/mol. The first-order valence-corrected chi connectivity index (χ1v) is 12.8. The summed E-state index contributed by atoms with van der Waals surface area (Å²) in [4.78, 5) is 0. The largest absolute Gasteiger partial charge is 0.379 e. The van der Waals surface area contributed by atoms with Crippen molar-refractivity contribution in [3.05, 3.63) is 0 Å². The Morgan fingerprint density at radius 2 is 0.788 bits per heavy atom. The number of hydrogen-bond donors (Lipinski definition) is 0. The van der Waals surface area contributed by atoms with Crippen LogP contribution >= 0.6 is 0 Å². The van der Waals surface area contributed by atoms with Gasteiger partial charge in [-0.2, -0.15) is 0 Å². The second kappa shape index (κ2) is 15.7. The van der Waals surface area contributed by atoms with E-state index in [1.165, 1.54) is 0 Å². The van der Waals surface area contributed by atoms with Gasteiger partial charge in [-0.05, 0) is 102 Å². The Labute approximate surface area is 205 Å². The van der Waals surface area contributed by atoms with Crippen molar-refractivity contribution in [1.29, 1.82) is 0 Å². The fourth-order valence-corrected chi connectivity index (χ4v) is 3.03. The van der Waals surface area contributed by atoms with Crippen molar-refractivity contribution < 1.29 is 28.4 Å². The van der Waals surface area contributed by atoms with Gasteiger partial charge in [0.25, 0.3) is 0 Å². The first-order valence-electron chi connectivity index (χ1n) is 12.8. The van der Waals surface area contributed by atoms with Gasteiger partial charge in [-0.1, -0.05) is 0 Å². The van der Waals surface area contributed by atoms with Crippen LogP contribution in [-0.4, -0.2) is 74.3 Å². The van der Waals surface area contributed by atoms with Gasteiger partial charge in [0.15, 0.2) is 0 Å². The Morgan fingerprint density at radius 3 is 1.09 bits per heavy atom. The standard InChI is InChI=1S/C27H56O6/c1-21(2)28-16-13-25(7,8)31-19-24(33-27(11,12)15-18-30-23(5)6)20-32-26(9,10)14-17-29-22(3)4/h21-24H,13-20H2,1-12H3. The molecule has 0 heterocycles. The van der Waals surface area contributed by atoms with E-state index in [0.717, 1.165) is 19.3 Å². The van der Waals surface area contributed by atoms with Crippen molar-refractivity contribution in [2.45, 2.75) is 144 Å². The summed E-state index contributed by atoms with van der Waals surface area (Å²) in [5.41, 5.74) is -0.952. The first-order chi connectivity index (χ1) is 15.0. The van der Waals surface area contributed by atoms with E-state index in [1.54, 1.807) is 0 Å². The quantitative estimate of drug-likeness (QED) is 0.209. The minimum absolute atomic E-state index is 0.186. The monoisotopic (exact) mass is 476 g/mol. The zero-order valence-corrected chi connectivity index (χ0v) is 23.9. The normalized spacial score (nSPS) is 13.8. The molecule has 200 valence electrons. The van der Waals surface area contributed by atoms with Crippen LogP contribution in [0.5, 0.6) is 0 Å². The molecule has 0 bridgehead atoms. The van der Waals surface area contributed by atoms with Crippen LogP contribution in [0, 0.1) is 0 Å². The van der Waals surface area contributed by atoms with Crippen LogP contribution in [0.3, 0.4) is 0 Å². The summed E-state index contributed by atoms with van der Waals surface area (Å²) < 4.78 is 36.3. The van der Waals surface area contributed by atoms with Gasteiger partial charge >= 0.3 is 0 Å². The summed E-state index contributed by atoms with van der Waals surface area (Å²) in [6.45, 7) is 27.8. The molecule has 0 N–H and O–H groups in total. The predicted molar refractivity (Wildman–Crippen MR) is 136 cm³/mol. The minimum Gasteiger partial charge on any atom is -0.379 e. The highest BCUT2D eigenvalue weighted by molar-refractivity contribution is 4.76. The SMILES string of the molecule is CC(C)OCCC(C)(C)OCC(COC(C)(C)CCOC(C)C)OC(C)(C)CCOC(C)C. The van der Waals surface area contributed by atoms with Crippen molar-refractivity contribution in [1.82, 2.24) is 0 Å². The predicted octanol–water partition coefficient (Wildman–Crippen LogP) is 6.19. The maximum absolute atomic E-state index is 6.50. The van der Waals surface area contributed by atoms with Gasteiger partial charge in [-0.25, -0.2) is 0 Å². The zero-order chi connectivity index (χ0) is 25.7. The Balaban J connectivity index is 4.96. The second-order valence-electron chi connectivity index (χ2n) is 11.6. The highest BCUT2D eigenvalue weighted by Gasteiger charge is 2.29. The van der Waals surface area contributed by atoms with Crippen LogP contribution in [0.15, 0.2) is 0 Å². The van der Waals surface area contributed by atoms with E-state index in [9.17, 15) is 0 Å². The molecule has 0 aromatic carbocycles. The van der Waals surface area contributed by atoms with Crippen molar-refractivity contribution in [2.24, 2.45) is 0 Å². The Hall–Kier alpha value is -0.240. The molecule has 0 amide bonds. The molecule has 0 rings (SSSR count). The molecule has 6 nitrogen and oxygen atoms in total. The third-order valence-electron chi connectivity index (χ3n) is 5.27. The van der Waals surface area contributed by atoms with Crippen molar-refractivity contribution >= 4 is 0 Å². The third-order valence-corrected chi connectivity index (χ3v) is 5.27. The molecule has 0 saturated carbocycles. The van der Waals surface area contributed by atoms with Crippen molar-refractivity contribution in [3.8, 4) is 0 Å². The molecular formula is C27H56O6. The van der Waals surface area contributed by atoms with Gasteiger partial charge < -0.3 is 28.4 Å². The lowest BCUT2D eigenvalue weighted by atomic mass is 10.0. The van der Waals surface area contributed by atoms with Crippen LogP contribution in [0.2, 0.25) is 0 Å². The second-order valence-corrected chi connectivity index (χ2v) is 11.6. The van der Waals surface area contributed by atoms with Crippen LogP contribution in [0.1, 0.15) is 102 Å². The molecule has 33 heavy (non-hydrogen) atoms. The average Bonchev–Trinajstić information content (AvgIpc) is 2.62. The Bertz CT molecular complexity index is 455. The van der Waals surface area contributed by atoms with E-state index in [0.29, 0.717) is 33.0 Å². The summed E-state index contributed by atoms with van der Waals surface area (Å²) in [7, 11) is 0. The van der Waals surface area contributed by atoms with Gasteiger partial charge in [0.2, 0.25) is 0 Å². The molecule has 0 aliphatic heterocycles. The van der Waals surface area contributed by atoms with Crippen LogP contribution in [-0.2, 0) is 28.4 Å². The minimum atomic E-state index is -0.345. The summed E-state index contributed by atoms with van der Waals surface area (Å²) in [6.07, 6.45) is 2.92. The Morgan fingerprint density at radius 1 is 0.485 bits per heavy atom. The van der Waals surface area contributed by atoms with Crippen LogP contribution in [0.4, 0.5) is 0 Å². The lowest BCUT2D eigenvalue weighted by Crippen LogP contribution is -2.41. The maximum Gasteiger partial charge on any atom is 0.105 e. The van der Waals surface area contributed by atoms with Crippen LogP contribution in [0.25, 0.3) is 0 Å². The molecule has 0 saturated heterocycles. The highest BCUT2D eigenvalue weighted by Crippen LogP contribution is 2.23. The van der Waals surface area contributed by atoms with Crippen molar-refractivity contribution in [3.63, 3.8) is 0 Å². The fourth-order valence-electron chi connectivity index (χ4n) is 3.03. The third kappa shape index (κ3) is 19.7. The topological polar surface area (TPSA) is 55.4 Å². The Kier molecular flexibility index (Phi) is 15.6. The van der Waals surface area contributed by atoms with E-state index in [4.69, 9.17) is 28.4 Å². The van der Waals surface area contributed by atoms with E-state index < -0.39 is 0 Å². The molecule has 0 aromatic heterocycles. The summed E-state index contributed by atoms with van der Waals surface area (Å²) in [5.74, 6) is 0. The number of ether oxygens (including phenoxy) is 6. The van der Waals surface area contributed by atoms with E-state index in [2.05, 4.69) is 55.4 Å². The molecular weight excluding hydrogens is 420 g/mol. The molecule has 0 radical (unpaired) electrons. The number of hydrogen-bond acceptors (Lipinski definition) is 6. The van der Waals surface area contributed by atoms with Crippen molar-refractivity contribution in [2.75, 3.05) is 33.0 Å². The summed E-state index contributed by atoms with van der Waals surface area (Å²) in [5, 5.41) is 0. The van der Waals surface area contributed by atoms with Gasteiger partial charge in [0.1, 0.15) is 6.10 Å². The summed E-state index contributed by atoms with van der Waals surface area (Å²) >= 11 is 0. The van der Waals surface area contributed by atoms with Gasteiger partial charge in [0.05, 0.1) is 48.3 Å². The molecule has 0 unspecified atom stereocenters. The number of rotatable bonds is 20. The van der Waals surface area contributed by atoms with Gasteiger partial charge in [-0.3, -0.25) is 0 Å². The highest BCUT2D eigenvalue weighted by atomic mass is 16.6. The van der Waals surface area contributed by atoms with Gasteiger partial charge in [-0.15, -0.1) is 0 Å². The molecule has 0 aliphatic carbocycles. The van der Waals surface area contributed by atoms with Gasteiger partial charge in [0, 0.05) is 19.8 Å². The molecule has 0 aromatic rings. The lowest BCUT2D eigenvalue weighted by molar-refractivity contribution is -0.175. The van der Waals surface area contributed by atoms with E-state index >= 15 is 0 Å². The molecule has 0 fully saturated rings. The lowest BCUT2D eigenvalue weighted by Gasteiger charge is -2.35. The van der Waals surface area contributed by atoms with Crippen LogP contribution < -0.4 is 0 Å². The molecule has 0 spiro atoms.